The Morgan fingerprint density at radius 2 is 1.94 bits per heavy atom. The van der Waals surface area contributed by atoms with Gasteiger partial charge in [-0.05, 0) is 39.5 Å². The average Bonchev–Trinajstić information content (AvgIpc) is 3.00. The second-order valence-corrected chi connectivity index (χ2v) is 5.87. The molecule has 2 rings (SSSR count). The Balaban J connectivity index is 1.72. The molecule has 1 heterocycles. The SMILES string of the molecule is CC(C)OCC1(CN2CCC(O)CC2)CC1. The quantitative estimate of drug-likeness (QED) is 0.775. The average molecular weight is 227 g/mol. The van der Waals surface area contributed by atoms with Crippen molar-refractivity contribution in [2.75, 3.05) is 26.2 Å². The number of aliphatic hydroxyl groups excluding tert-OH is 1. The molecule has 16 heavy (non-hydrogen) atoms. The first-order chi connectivity index (χ1) is 7.60. The molecule has 3 nitrogen and oxygen atoms in total. The fourth-order valence-corrected chi connectivity index (χ4v) is 2.42. The van der Waals surface area contributed by atoms with Crippen LogP contribution in [0.1, 0.15) is 39.5 Å². The number of ether oxygens (including phenoxy) is 1. The van der Waals surface area contributed by atoms with Crippen LogP contribution in [0.4, 0.5) is 0 Å². The number of aliphatic hydroxyl groups is 1. The lowest BCUT2D eigenvalue weighted by molar-refractivity contribution is 0.0188. The van der Waals surface area contributed by atoms with Crippen molar-refractivity contribution in [2.45, 2.75) is 51.7 Å². The summed E-state index contributed by atoms with van der Waals surface area (Å²) >= 11 is 0. The highest BCUT2D eigenvalue weighted by atomic mass is 16.5. The van der Waals surface area contributed by atoms with Crippen LogP contribution in [-0.2, 0) is 4.74 Å². The normalized spacial score (nSPS) is 26.2. The third kappa shape index (κ3) is 3.44. The van der Waals surface area contributed by atoms with Gasteiger partial charge in [-0.25, -0.2) is 0 Å². The Labute approximate surface area is 98.8 Å². The molecule has 0 aromatic rings. The van der Waals surface area contributed by atoms with E-state index in [1.807, 2.05) is 0 Å². The molecule has 2 aliphatic rings. The fourth-order valence-electron chi connectivity index (χ4n) is 2.42. The first-order valence-corrected chi connectivity index (χ1v) is 6.62. The van der Waals surface area contributed by atoms with Crippen molar-refractivity contribution >= 4 is 0 Å². The highest BCUT2D eigenvalue weighted by molar-refractivity contribution is 4.96. The number of hydrogen-bond donors (Lipinski definition) is 1. The van der Waals surface area contributed by atoms with Crippen molar-refractivity contribution in [3.8, 4) is 0 Å². The third-order valence-electron chi connectivity index (χ3n) is 3.80. The van der Waals surface area contributed by atoms with Crippen LogP contribution < -0.4 is 0 Å². The zero-order valence-corrected chi connectivity index (χ0v) is 10.6. The second kappa shape index (κ2) is 5.03. The highest BCUT2D eigenvalue weighted by Crippen LogP contribution is 2.46. The standard InChI is InChI=1S/C13H25NO2/c1-11(2)16-10-13(5-6-13)9-14-7-3-12(15)4-8-14/h11-12,15H,3-10H2,1-2H3. The summed E-state index contributed by atoms with van der Waals surface area (Å²) in [6.07, 6.45) is 4.82. The Kier molecular flexibility index (Phi) is 3.88. The Morgan fingerprint density at radius 3 is 2.44 bits per heavy atom. The van der Waals surface area contributed by atoms with E-state index in [0.29, 0.717) is 11.5 Å². The first-order valence-electron chi connectivity index (χ1n) is 6.62. The van der Waals surface area contributed by atoms with Crippen LogP contribution in [0.5, 0.6) is 0 Å². The summed E-state index contributed by atoms with van der Waals surface area (Å²) in [5, 5.41) is 9.47. The largest absolute Gasteiger partial charge is 0.393 e. The van der Waals surface area contributed by atoms with Gasteiger partial charge in [0.1, 0.15) is 0 Å². The number of hydrogen-bond acceptors (Lipinski definition) is 3. The van der Waals surface area contributed by atoms with E-state index in [1.165, 1.54) is 19.4 Å². The third-order valence-corrected chi connectivity index (χ3v) is 3.80. The predicted molar refractivity (Wildman–Crippen MR) is 64.4 cm³/mol. The molecule has 1 aliphatic carbocycles. The van der Waals surface area contributed by atoms with E-state index in [-0.39, 0.29) is 6.10 Å². The second-order valence-electron chi connectivity index (χ2n) is 5.87. The van der Waals surface area contributed by atoms with E-state index < -0.39 is 0 Å². The van der Waals surface area contributed by atoms with Crippen LogP contribution in [0.15, 0.2) is 0 Å². The van der Waals surface area contributed by atoms with Crippen LogP contribution in [0, 0.1) is 5.41 Å². The predicted octanol–water partition coefficient (Wildman–Crippen LogP) is 1.65. The molecule has 1 N–H and O–H groups in total. The van der Waals surface area contributed by atoms with Gasteiger partial charge in [0.05, 0.1) is 18.8 Å². The van der Waals surface area contributed by atoms with Gasteiger partial charge in [-0.1, -0.05) is 0 Å². The van der Waals surface area contributed by atoms with Crippen LogP contribution in [0.2, 0.25) is 0 Å². The molecule has 2 fully saturated rings. The van der Waals surface area contributed by atoms with Gasteiger partial charge >= 0.3 is 0 Å². The minimum atomic E-state index is -0.0571. The van der Waals surface area contributed by atoms with Gasteiger partial charge in [-0.2, -0.15) is 0 Å². The minimum absolute atomic E-state index is 0.0571. The van der Waals surface area contributed by atoms with Gasteiger partial charge in [0, 0.05) is 25.0 Å². The van der Waals surface area contributed by atoms with E-state index in [0.717, 1.165) is 32.5 Å². The smallest absolute Gasteiger partial charge is 0.0564 e. The van der Waals surface area contributed by atoms with Gasteiger partial charge < -0.3 is 14.7 Å². The summed E-state index contributed by atoms with van der Waals surface area (Å²) < 4.78 is 5.76. The molecule has 94 valence electrons. The van der Waals surface area contributed by atoms with Gasteiger partial charge in [-0.15, -0.1) is 0 Å². The summed E-state index contributed by atoms with van der Waals surface area (Å²) in [5.41, 5.74) is 0.451. The van der Waals surface area contributed by atoms with Crippen molar-refractivity contribution in [3.05, 3.63) is 0 Å². The number of rotatable bonds is 5. The van der Waals surface area contributed by atoms with Gasteiger partial charge in [0.2, 0.25) is 0 Å². The van der Waals surface area contributed by atoms with Gasteiger partial charge in [-0.3, -0.25) is 0 Å². The zero-order chi connectivity index (χ0) is 11.6. The lowest BCUT2D eigenvalue weighted by Gasteiger charge is -2.32. The van der Waals surface area contributed by atoms with E-state index >= 15 is 0 Å². The lowest BCUT2D eigenvalue weighted by atomic mass is 10.0. The first kappa shape index (κ1) is 12.3. The summed E-state index contributed by atoms with van der Waals surface area (Å²) in [7, 11) is 0. The van der Waals surface area contributed by atoms with Crippen molar-refractivity contribution in [2.24, 2.45) is 5.41 Å². The van der Waals surface area contributed by atoms with Crippen LogP contribution in [-0.4, -0.2) is 48.5 Å². The van der Waals surface area contributed by atoms with Crippen molar-refractivity contribution in [3.63, 3.8) is 0 Å². The summed E-state index contributed by atoms with van der Waals surface area (Å²) in [6.45, 7) is 8.42. The van der Waals surface area contributed by atoms with Gasteiger partial charge in [0.25, 0.3) is 0 Å². The van der Waals surface area contributed by atoms with Crippen molar-refractivity contribution in [1.82, 2.24) is 4.90 Å². The molecular weight excluding hydrogens is 202 g/mol. The molecule has 0 bridgehead atoms. The maximum Gasteiger partial charge on any atom is 0.0564 e. The molecule has 0 aromatic carbocycles. The monoisotopic (exact) mass is 227 g/mol. The van der Waals surface area contributed by atoms with E-state index in [4.69, 9.17) is 4.74 Å². The summed E-state index contributed by atoms with van der Waals surface area (Å²) in [6, 6.07) is 0. The van der Waals surface area contributed by atoms with E-state index in [1.54, 1.807) is 0 Å². The van der Waals surface area contributed by atoms with Crippen LogP contribution in [0.3, 0.4) is 0 Å². The van der Waals surface area contributed by atoms with E-state index in [9.17, 15) is 5.11 Å². The molecule has 0 radical (unpaired) electrons. The summed E-state index contributed by atoms with van der Waals surface area (Å²) in [5.74, 6) is 0. The minimum Gasteiger partial charge on any atom is -0.393 e. The highest BCUT2D eigenvalue weighted by Gasteiger charge is 2.44. The summed E-state index contributed by atoms with van der Waals surface area (Å²) in [4.78, 5) is 2.50. The lowest BCUT2D eigenvalue weighted by Crippen LogP contribution is -2.40. The number of piperidine rings is 1. The maximum absolute atomic E-state index is 9.47. The molecule has 1 saturated carbocycles. The molecule has 0 atom stereocenters. The molecule has 3 heteroatoms. The molecule has 0 spiro atoms. The zero-order valence-electron chi connectivity index (χ0n) is 10.6. The van der Waals surface area contributed by atoms with Crippen molar-refractivity contribution in [1.29, 1.82) is 0 Å². The molecule has 0 unspecified atom stereocenters. The van der Waals surface area contributed by atoms with Crippen molar-refractivity contribution < 1.29 is 9.84 Å². The number of nitrogens with zero attached hydrogens (tertiary/aromatic N) is 1. The Hall–Kier alpha value is -0.120. The molecule has 0 aromatic heterocycles. The Morgan fingerprint density at radius 1 is 1.31 bits per heavy atom. The van der Waals surface area contributed by atoms with Crippen LogP contribution in [0.25, 0.3) is 0 Å². The Bertz CT molecular complexity index is 218. The maximum atomic E-state index is 9.47. The molecule has 1 aliphatic heterocycles. The van der Waals surface area contributed by atoms with Gasteiger partial charge in [0.15, 0.2) is 0 Å². The number of likely N-dealkylation sites (tertiary alicyclic amines) is 1. The van der Waals surface area contributed by atoms with Crippen LogP contribution >= 0.6 is 0 Å². The molecule has 0 amide bonds. The molecular formula is C13H25NO2. The topological polar surface area (TPSA) is 32.7 Å². The van der Waals surface area contributed by atoms with E-state index in [2.05, 4.69) is 18.7 Å². The fraction of sp³-hybridized carbons (Fsp3) is 1.00. The molecule has 1 saturated heterocycles.